The molecule has 0 bridgehead atoms. The zero-order chi connectivity index (χ0) is 22.8. The summed E-state index contributed by atoms with van der Waals surface area (Å²) in [5.41, 5.74) is 5.64. The Labute approximate surface area is 191 Å². The van der Waals surface area contributed by atoms with Crippen LogP contribution in [0.3, 0.4) is 0 Å². The largest absolute Gasteiger partial charge is 0.481 e. The van der Waals surface area contributed by atoms with Gasteiger partial charge in [0.1, 0.15) is 5.76 Å². The SMILES string of the molecule is CC(c1ccco1)c1nc2c(Cc3ccccc3)nc(-c3ccccc3)cn2c1CC(=O)O. The lowest BCUT2D eigenvalue weighted by molar-refractivity contribution is -0.136. The van der Waals surface area contributed by atoms with E-state index in [9.17, 15) is 9.90 Å². The Morgan fingerprint density at radius 3 is 2.39 bits per heavy atom. The second-order valence-electron chi connectivity index (χ2n) is 8.05. The van der Waals surface area contributed by atoms with Gasteiger partial charge in [-0.15, -0.1) is 0 Å². The molecule has 0 radical (unpaired) electrons. The Morgan fingerprint density at radius 1 is 1.00 bits per heavy atom. The summed E-state index contributed by atoms with van der Waals surface area (Å²) in [6, 6.07) is 23.7. The normalized spacial score (nSPS) is 12.2. The van der Waals surface area contributed by atoms with E-state index in [1.807, 2.05) is 78.2 Å². The van der Waals surface area contributed by atoms with E-state index in [4.69, 9.17) is 14.4 Å². The number of furan rings is 1. The number of aromatic nitrogens is 3. The van der Waals surface area contributed by atoms with Crippen LogP contribution >= 0.6 is 0 Å². The van der Waals surface area contributed by atoms with E-state index in [0.29, 0.717) is 23.5 Å². The molecule has 3 aromatic heterocycles. The second-order valence-corrected chi connectivity index (χ2v) is 8.05. The van der Waals surface area contributed by atoms with E-state index in [2.05, 4.69) is 12.1 Å². The number of imidazole rings is 1. The predicted octanol–water partition coefficient (Wildman–Crippen LogP) is 5.36. The van der Waals surface area contributed by atoms with Crippen LogP contribution < -0.4 is 0 Å². The first-order valence-corrected chi connectivity index (χ1v) is 10.9. The number of carboxylic acid groups (broad SMARTS) is 1. The van der Waals surface area contributed by atoms with Gasteiger partial charge in [-0.25, -0.2) is 9.97 Å². The third-order valence-corrected chi connectivity index (χ3v) is 5.79. The van der Waals surface area contributed by atoms with Crippen molar-refractivity contribution in [1.29, 1.82) is 0 Å². The molecular formula is C27H23N3O3. The van der Waals surface area contributed by atoms with Gasteiger partial charge in [-0.05, 0) is 24.6 Å². The molecule has 1 atom stereocenters. The van der Waals surface area contributed by atoms with Gasteiger partial charge >= 0.3 is 5.97 Å². The van der Waals surface area contributed by atoms with E-state index < -0.39 is 5.97 Å². The first-order valence-electron chi connectivity index (χ1n) is 10.9. The molecule has 2 aromatic carbocycles. The molecule has 0 aliphatic heterocycles. The van der Waals surface area contributed by atoms with Crippen molar-refractivity contribution in [3.8, 4) is 11.3 Å². The van der Waals surface area contributed by atoms with E-state index in [1.165, 1.54) is 0 Å². The Bertz CT molecular complexity index is 1390. The lowest BCUT2D eigenvalue weighted by Gasteiger charge is -2.10. The molecule has 164 valence electrons. The molecule has 5 aromatic rings. The molecule has 0 saturated carbocycles. The summed E-state index contributed by atoms with van der Waals surface area (Å²) in [5, 5.41) is 9.69. The average molecular weight is 437 g/mol. The number of benzene rings is 2. The van der Waals surface area contributed by atoms with Gasteiger partial charge in [-0.2, -0.15) is 0 Å². The van der Waals surface area contributed by atoms with Crippen LogP contribution in [0.15, 0.2) is 89.7 Å². The standard InChI is InChI=1S/C27H23N3O3/c1-18(24-13-8-14-33-24)26-23(16-25(31)32)30-17-22(20-11-6-3-7-12-20)28-21(27(30)29-26)15-19-9-4-2-5-10-19/h2-14,17-18H,15-16H2,1H3,(H,31,32). The fourth-order valence-electron chi connectivity index (χ4n) is 4.17. The highest BCUT2D eigenvalue weighted by Gasteiger charge is 2.25. The maximum atomic E-state index is 11.8. The number of hydrogen-bond donors (Lipinski definition) is 1. The molecule has 33 heavy (non-hydrogen) atoms. The van der Waals surface area contributed by atoms with Crippen LogP contribution in [-0.4, -0.2) is 25.4 Å². The Hall–Kier alpha value is -4.19. The number of carboxylic acids is 1. The zero-order valence-corrected chi connectivity index (χ0v) is 18.2. The third-order valence-electron chi connectivity index (χ3n) is 5.79. The van der Waals surface area contributed by atoms with Crippen molar-refractivity contribution in [1.82, 2.24) is 14.4 Å². The molecule has 0 saturated heterocycles. The monoisotopic (exact) mass is 437 g/mol. The van der Waals surface area contributed by atoms with Gasteiger partial charge in [0.2, 0.25) is 0 Å². The fourth-order valence-corrected chi connectivity index (χ4v) is 4.17. The Balaban J connectivity index is 1.75. The van der Waals surface area contributed by atoms with Crippen molar-refractivity contribution >= 4 is 11.6 Å². The van der Waals surface area contributed by atoms with Crippen molar-refractivity contribution in [2.24, 2.45) is 0 Å². The summed E-state index contributed by atoms with van der Waals surface area (Å²) in [6.45, 7) is 1.98. The molecule has 6 heteroatoms. The fraction of sp³-hybridized carbons (Fsp3) is 0.148. The zero-order valence-electron chi connectivity index (χ0n) is 18.2. The Morgan fingerprint density at radius 2 is 1.73 bits per heavy atom. The highest BCUT2D eigenvalue weighted by Crippen LogP contribution is 2.31. The van der Waals surface area contributed by atoms with Crippen molar-refractivity contribution in [2.75, 3.05) is 0 Å². The number of carbonyl (C=O) groups is 1. The molecule has 0 spiro atoms. The third kappa shape index (κ3) is 4.15. The molecule has 1 N–H and O–H groups in total. The van der Waals surface area contributed by atoms with Crippen LogP contribution in [0.1, 0.15) is 41.2 Å². The van der Waals surface area contributed by atoms with Crippen LogP contribution in [-0.2, 0) is 17.6 Å². The summed E-state index contributed by atoms with van der Waals surface area (Å²) in [5.74, 6) is -0.364. The van der Waals surface area contributed by atoms with Gasteiger partial charge in [0.25, 0.3) is 0 Å². The number of hydrogen-bond acceptors (Lipinski definition) is 4. The van der Waals surface area contributed by atoms with Gasteiger partial charge in [-0.3, -0.25) is 9.20 Å². The van der Waals surface area contributed by atoms with Crippen molar-refractivity contribution < 1.29 is 14.3 Å². The average Bonchev–Trinajstić information content (AvgIpc) is 3.49. The van der Waals surface area contributed by atoms with Crippen LogP contribution in [0.2, 0.25) is 0 Å². The quantitative estimate of drug-likeness (QED) is 0.371. The van der Waals surface area contributed by atoms with Crippen LogP contribution in [0.25, 0.3) is 16.9 Å². The van der Waals surface area contributed by atoms with Crippen molar-refractivity contribution in [3.05, 3.63) is 114 Å². The van der Waals surface area contributed by atoms with Crippen molar-refractivity contribution in [3.63, 3.8) is 0 Å². The number of nitrogens with zero attached hydrogens (tertiary/aromatic N) is 3. The smallest absolute Gasteiger partial charge is 0.309 e. The van der Waals surface area contributed by atoms with Crippen LogP contribution in [0, 0.1) is 0 Å². The number of fused-ring (bicyclic) bond motifs is 1. The molecule has 0 amide bonds. The van der Waals surface area contributed by atoms with Gasteiger partial charge in [0.15, 0.2) is 5.65 Å². The van der Waals surface area contributed by atoms with Gasteiger partial charge in [0.05, 0.1) is 41.4 Å². The van der Waals surface area contributed by atoms with E-state index in [1.54, 1.807) is 6.26 Å². The van der Waals surface area contributed by atoms with Crippen LogP contribution in [0.5, 0.6) is 0 Å². The minimum absolute atomic E-state index is 0.148. The maximum absolute atomic E-state index is 11.8. The second kappa shape index (κ2) is 8.74. The minimum atomic E-state index is -0.910. The molecule has 6 nitrogen and oxygen atoms in total. The lowest BCUT2D eigenvalue weighted by Crippen LogP contribution is -2.09. The van der Waals surface area contributed by atoms with Gasteiger partial charge in [-0.1, -0.05) is 60.7 Å². The summed E-state index contributed by atoms with van der Waals surface area (Å²) >= 11 is 0. The molecular weight excluding hydrogens is 414 g/mol. The van der Waals surface area contributed by atoms with E-state index in [0.717, 1.165) is 28.3 Å². The summed E-state index contributed by atoms with van der Waals surface area (Å²) < 4.78 is 7.51. The predicted molar refractivity (Wildman–Crippen MR) is 125 cm³/mol. The molecule has 0 fully saturated rings. The topological polar surface area (TPSA) is 80.6 Å². The van der Waals surface area contributed by atoms with E-state index in [-0.39, 0.29) is 12.3 Å². The maximum Gasteiger partial charge on any atom is 0.309 e. The summed E-state index contributed by atoms with van der Waals surface area (Å²) in [4.78, 5) is 21.7. The Kier molecular flexibility index (Phi) is 5.48. The summed E-state index contributed by atoms with van der Waals surface area (Å²) in [7, 11) is 0. The molecule has 3 heterocycles. The first kappa shape index (κ1) is 20.7. The van der Waals surface area contributed by atoms with Gasteiger partial charge < -0.3 is 9.52 Å². The lowest BCUT2D eigenvalue weighted by atomic mass is 10.0. The number of aliphatic carboxylic acids is 1. The number of rotatable bonds is 7. The summed E-state index contributed by atoms with van der Waals surface area (Å²) in [6.07, 6.45) is 3.95. The molecule has 1 unspecified atom stereocenters. The van der Waals surface area contributed by atoms with Crippen LogP contribution in [0.4, 0.5) is 0 Å². The first-order chi connectivity index (χ1) is 16.1. The molecule has 0 aliphatic carbocycles. The minimum Gasteiger partial charge on any atom is -0.481 e. The van der Waals surface area contributed by atoms with E-state index >= 15 is 0 Å². The highest BCUT2D eigenvalue weighted by atomic mass is 16.4. The molecule has 5 rings (SSSR count). The van der Waals surface area contributed by atoms with Crippen molar-refractivity contribution in [2.45, 2.75) is 25.7 Å². The highest BCUT2D eigenvalue weighted by molar-refractivity contribution is 5.71. The molecule has 0 aliphatic rings. The van der Waals surface area contributed by atoms with Gasteiger partial charge in [0, 0.05) is 18.2 Å².